The van der Waals surface area contributed by atoms with E-state index < -0.39 is 11.7 Å². The molecule has 0 aromatic heterocycles. The van der Waals surface area contributed by atoms with Crippen LogP contribution in [0.5, 0.6) is 0 Å². The molecule has 1 fully saturated rings. The average molecular weight is 314 g/mol. The fourth-order valence-corrected chi connectivity index (χ4v) is 3.05. The molecule has 1 aliphatic heterocycles. The first-order valence-corrected chi connectivity index (χ1v) is 8.03. The van der Waals surface area contributed by atoms with Crippen LogP contribution in [-0.2, 0) is 6.18 Å². The smallest absolute Gasteiger partial charge is 0.317 e. The second-order valence-corrected chi connectivity index (χ2v) is 6.08. The largest absolute Gasteiger partial charge is 0.416 e. The van der Waals surface area contributed by atoms with Gasteiger partial charge < -0.3 is 5.32 Å². The third-order valence-corrected chi connectivity index (χ3v) is 4.60. The monoisotopic (exact) mass is 314 g/mol. The van der Waals surface area contributed by atoms with Crippen LogP contribution in [0.1, 0.15) is 43.9 Å². The summed E-state index contributed by atoms with van der Waals surface area (Å²) in [5.41, 5.74) is 0.380. The van der Waals surface area contributed by atoms with Gasteiger partial charge in [0.05, 0.1) is 5.56 Å². The number of hydrogen-bond donors (Lipinski definition) is 1. The normalized spacial score (nSPS) is 19.3. The van der Waals surface area contributed by atoms with E-state index in [-0.39, 0.29) is 6.04 Å². The van der Waals surface area contributed by atoms with Crippen LogP contribution in [0.15, 0.2) is 24.3 Å². The summed E-state index contributed by atoms with van der Waals surface area (Å²) in [4.78, 5) is 2.37. The highest BCUT2D eigenvalue weighted by atomic mass is 19.4. The number of likely N-dealkylation sites (tertiary alicyclic amines) is 1. The number of nitrogens with zero attached hydrogens (tertiary/aromatic N) is 1. The Bertz CT molecular complexity index is 448. The van der Waals surface area contributed by atoms with Gasteiger partial charge in [-0.15, -0.1) is 0 Å². The third kappa shape index (κ3) is 4.46. The zero-order chi connectivity index (χ0) is 16.2. The van der Waals surface area contributed by atoms with E-state index >= 15 is 0 Å². The first-order valence-electron chi connectivity index (χ1n) is 8.03. The summed E-state index contributed by atoms with van der Waals surface area (Å²) >= 11 is 0. The van der Waals surface area contributed by atoms with Gasteiger partial charge in [0.1, 0.15) is 0 Å². The van der Waals surface area contributed by atoms with Crippen molar-refractivity contribution >= 4 is 0 Å². The van der Waals surface area contributed by atoms with Crippen LogP contribution in [0.2, 0.25) is 0 Å². The molecular weight excluding hydrogens is 289 g/mol. The molecule has 0 radical (unpaired) electrons. The quantitative estimate of drug-likeness (QED) is 0.880. The van der Waals surface area contributed by atoms with Crippen molar-refractivity contribution in [3.63, 3.8) is 0 Å². The van der Waals surface area contributed by atoms with Crippen molar-refractivity contribution in [2.75, 3.05) is 26.2 Å². The van der Waals surface area contributed by atoms with Crippen LogP contribution in [0.25, 0.3) is 0 Å². The van der Waals surface area contributed by atoms with Gasteiger partial charge in [0.2, 0.25) is 0 Å². The van der Waals surface area contributed by atoms with Crippen molar-refractivity contribution in [2.45, 2.75) is 38.9 Å². The number of piperidine rings is 1. The highest BCUT2D eigenvalue weighted by Crippen LogP contribution is 2.31. The first-order chi connectivity index (χ1) is 10.4. The lowest BCUT2D eigenvalue weighted by atomic mass is 9.94. The van der Waals surface area contributed by atoms with Gasteiger partial charge in [-0.3, -0.25) is 4.90 Å². The summed E-state index contributed by atoms with van der Waals surface area (Å²) in [6.45, 7) is 8.28. The van der Waals surface area contributed by atoms with E-state index in [1.54, 1.807) is 12.1 Å². The minimum atomic E-state index is -4.26. The van der Waals surface area contributed by atoms with Crippen molar-refractivity contribution in [2.24, 2.45) is 5.92 Å². The molecular formula is C17H25F3N2. The molecule has 2 rings (SSSR count). The second-order valence-electron chi connectivity index (χ2n) is 6.08. The molecule has 124 valence electrons. The van der Waals surface area contributed by atoms with Gasteiger partial charge in [0, 0.05) is 6.04 Å². The van der Waals surface area contributed by atoms with Gasteiger partial charge in [-0.2, -0.15) is 13.2 Å². The lowest BCUT2D eigenvalue weighted by Gasteiger charge is -2.36. The van der Waals surface area contributed by atoms with Gasteiger partial charge in [0.25, 0.3) is 0 Å². The highest BCUT2D eigenvalue weighted by molar-refractivity contribution is 5.26. The molecule has 0 bridgehead atoms. The number of alkyl halides is 3. The minimum absolute atomic E-state index is 0.169. The maximum Gasteiger partial charge on any atom is 0.416 e. The van der Waals surface area contributed by atoms with Crippen molar-refractivity contribution in [3.05, 3.63) is 35.4 Å². The molecule has 1 aliphatic rings. The van der Waals surface area contributed by atoms with Crippen LogP contribution in [0.4, 0.5) is 13.2 Å². The van der Waals surface area contributed by atoms with Crippen LogP contribution in [0, 0.1) is 5.92 Å². The molecule has 0 spiro atoms. The standard InChI is InChI=1S/C17H25F3N2/c1-3-21-12-14-8-10-22(11-9-14)13(2)15-4-6-16(7-5-15)17(18,19)20/h4-7,13-14,21H,3,8-12H2,1-2H3. The number of nitrogens with one attached hydrogen (secondary N) is 1. The van der Waals surface area contributed by atoms with E-state index in [0.717, 1.165) is 50.5 Å². The van der Waals surface area contributed by atoms with Crippen molar-refractivity contribution < 1.29 is 13.2 Å². The number of benzene rings is 1. The number of halogens is 3. The predicted molar refractivity (Wildman–Crippen MR) is 82.7 cm³/mol. The Labute approximate surface area is 130 Å². The van der Waals surface area contributed by atoms with E-state index in [1.807, 2.05) is 0 Å². The van der Waals surface area contributed by atoms with Gasteiger partial charge in [-0.1, -0.05) is 19.1 Å². The molecule has 5 heteroatoms. The number of hydrogen-bond acceptors (Lipinski definition) is 2. The molecule has 0 saturated carbocycles. The summed E-state index contributed by atoms with van der Waals surface area (Å²) in [5.74, 6) is 0.719. The molecule has 0 amide bonds. The Kier molecular flexibility index (Phi) is 5.87. The molecule has 22 heavy (non-hydrogen) atoms. The highest BCUT2D eigenvalue weighted by Gasteiger charge is 2.30. The lowest BCUT2D eigenvalue weighted by Crippen LogP contribution is -2.38. The summed E-state index contributed by atoms with van der Waals surface area (Å²) in [6, 6.07) is 5.76. The third-order valence-electron chi connectivity index (χ3n) is 4.60. The second kappa shape index (κ2) is 7.47. The zero-order valence-electron chi connectivity index (χ0n) is 13.3. The Morgan fingerprint density at radius 2 is 1.77 bits per heavy atom. The van der Waals surface area contributed by atoms with Crippen molar-refractivity contribution in [1.29, 1.82) is 0 Å². The zero-order valence-corrected chi connectivity index (χ0v) is 13.3. The van der Waals surface area contributed by atoms with Crippen LogP contribution >= 0.6 is 0 Å². The Balaban J connectivity index is 1.91. The summed E-state index contributed by atoms with van der Waals surface area (Å²) in [7, 11) is 0. The molecule has 1 aromatic rings. The fourth-order valence-electron chi connectivity index (χ4n) is 3.05. The van der Waals surface area contributed by atoms with Crippen LogP contribution < -0.4 is 5.32 Å². The maximum atomic E-state index is 12.6. The van der Waals surface area contributed by atoms with Crippen LogP contribution in [-0.4, -0.2) is 31.1 Å². The Hall–Kier alpha value is -1.07. The molecule has 1 saturated heterocycles. The Morgan fingerprint density at radius 1 is 1.18 bits per heavy atom. The SMILES string of the molecule is CCNCC1CCN(C(C)c2ccc(C(F)(F)F)cc2)CC1. The fraction of sp³-hybridized carbons (Fsp3) is 0.647. The molecule has 1 atom stereocenters. The summed E-state index contributed by atoms with van der Waals surface area (Å²) in [6.07, 6.45) is -1.96. The molecule has 0 aliphatic carbocycles. The van der Waals surface area contributed by atoms with Crippen LogP contribution in [0.3, 0.4) is 0 Å². The molecule has 1 N–H and O–H groups in total. The lowest BCUT2D eigenvalue weighted by molar-refractivity contribution is -0.137. The van der Waals surface area contributed by atoms with Gasteiger partial charge >= 0.3 is 6.18 Å². The molecule has 2 nitrogen and oxygen atoms in total. The predicted octanol–water partition coefficient (Wildman–Crippen LogP) is 4.09. The van der Waals surface area contributed by atoms with Gasteiger partial charge in [-0.25, -0.2) is 0 Å². The van der Waals surface area contributed by atoms with E-state index in [4.69, 9.17) is 0 Å². The maximum absolute atomic E-state index is 12.6. The van der Waals surface area contributed by atoms with Crippen molar-refractivity contribution in [1.82, 2.24) is 10.2 Å². The Morgan fingerprint density at radius 3 is 2.27 bits per heavy atom. The number of rotatable bonds is 5. The first kappa shape index (κ1) is 17.3. The average Bonchev–Trinajstić information content (AvgIpc) is 2.52. The van der Waals surface area contributed by atoms with E-state index in [9.17, 15) is 13.2 Å². The molecule has 1 unspecified atom stereocenters. The van der Waals surface area contributed by atoms with E-state index in [1.165, 1.54) is 12.1 Å². The molecule has 1 aromatic carbocycles. The van der Waals surface area contributed by atoms with Gasteiger partial charge in [0.15, 0.2) is 0 Å². The van der Waals surface area contributed by atoms with Gasteiger partial charge in [-0.05, 0) is 69.6 Å². The van der Waals surface area contributed by atoms with E-state index in [2.05, 4.69) is 24.1 Å². The minimum Gasteiger partial charge on any atom is -0.317 e. The molecule has 1 heterocycles. The summed E-state index contributed by atoms with van der Waals surface area (Å²) < 4.78 is 37.8. The topological polar surface area (TPSA) is 15.3 Å². The summed E-state index contributed by atoms with van der Waals surface area (Å²) in [5, 5.41) is 3.39. The van der Waals surface area contributed by atoms with E-state index in [0.29, 0.717) is 0 Å². The van der Waals surface area contributed by atoms with Crippen molar-refractivity contribution in [3.8, 4) is 0 Å².